The van der Waals surface area contributed by atoms with Gasteiger partial charge in [-0.2, -0.15) is 5.10 Å². The van der Waals surface area contributed by atoms with Crippen molar-refractivity contribution in [2.45, 2.75) is 19.3 Å². The summed E-state index contributed by atoms with van der Waals surface area (Å²) in [7, 11) is 0. The summed E-state index contributed by atoms with van der Waals surface area (Å²) in [6.45, 7) is 2.06. The van der Waals surface area contributed by atoms with Crippen LogP contribution in [0.15, 0.2) is 27.9 Å². The molecule has 2 N–H and O–H groups in total. The summed E-state index contributed by atoms with van der Waals surface area (Å²) in [4.78, 5) is 25.1. The highest BCUT2D eigenvalue weighted by atomic mass is 16.3. The molecule has 108 valence electrons. The van der Waals surface area contributed by atoms with Crippen molar-refractivity contribution in [2.24, 2.45) is 5.10 Å². The van der Waals surface area contributed by atoms with E-state index in [1.165, 1.54) is 18.9 Å². The van der Waals surface area contributed by atoms with Crippen LogP contribution in [0, 0.1) is 0 Å². The Bertz CT molecular complexity index is 464. The number of urea groups is 1. The minimum atomic E-state index is -0.644. The van der Waals surface area contributed by atoms with Gasteiger partial charge in [-0.25, -0.2) is 10.2 Å². The number of hydrogen-bond acceptors (Lipinski definition) is 5. The summed E-state index contributed by atoms with van der Waals surface area (Å²) in [5, 5.41) is 5.90. The van der Waals surface area contributed by atoms with Crippen molar-refractivity contribution < 1.29 is 14.0 Å². The number of nitrogens with zero attached hydrogens (tertiary/aromatic N) is 2. The van der Waals surface area contributed by atoms with Crippen molar-refractivity contribution in [3.63, 3.8) is 0 Å². The lowest BCUT2D eigenvalue weighted by atomic mass is 10.1. The second-order valence-corrected chi connectivity index (χ2v) is 4.60. The molecule has 1 aromatic rings. The molecule has 0 bridgehead atoms. The first-order valence-corrected chi connectivity index (χ1v) is 6.63. The summed E-state index contributed by atoms with van der Waals surface area (Å²) in [5.41, 5.74) is 2.21. The number of carbonyl (C=O) groups is 2. The van der Waals surface area contributed by atoms with Crippen molar-refractivity contribution >= 4 is 18.2 Å². The van der Waals surface area contributed by atoms with Crippen LogP contribution in [0.3, 0.4) is 0 Å². The molecule has 0 saturated carbocycles. The average molecular weight is 278 g/mol. The molecule has 0 aliphatic carbocycles. The zero-order valence-corrected chi connectivity index (χ0v) is 11.2. The van der Waals surface area contributed by atoms with Crippen LogP contribution >= 0.6 is 0 Å². The van der Waals surface area contributed by atoms with Gasteiger partial charge in [0.2, 0.25) is 5.91 Å². The van der Waals surface area contributed by atoms with Crippen molar-refractivity contribution in [1.82, 2.24) is 15.6 Å². The summed E-state index contributed by atoms with van der Waals surface area (Å²) < 4.78 is 5.00. The fourth-order valence-corrected chi connectivity index (χ4v) is 2.03. The van der Waals surface area contributed by atoms with Crippen molar-refractivity contribution in [3.05, 3.63) is 24.2 Å². The summed E-state index contributed by atoms with van der Waals surface area (Å²) in [5.74, 6) is 0.197. The third-order valence-electron chi connectivity index (χ3n) is 2.97. The number of hydrogen-bond donors (Lipinski definition) is 2. The second-order valence-electron chi connectivity index (χ2n) is 4.60. The number of carbonyl (C=O) groups excluding carboxylic acids is 2. The predicted molar refractivity (Wildman–Crippen MR) is 73.3 cm³/mol. The van der Waals surface area contributed by atoms with Gasteiger partial charge in [0, 0.05) is 0 Å². The molecule has 2 heterocycles. The van der Waals surface area contributed by atoms with Gasteiger partial charge >= 0.3 is 6.03 Å². The smallest absolute Gasteiger partial charge is 0.341 e. The van der Waals surface area contributed by atoms with E-state index in [1.54, 1.807) is 12.1 Å². The van der Waals surface area contributed by atoms with E-state index in [4.69, 9.17) is 4.42 Å². The number of nitrogens with one attached hydrogen (secondary N) is 2. The molecule has 0 atom stereocenters. The van der Waals surface area contributed by atoms with E-state index in [-0.39, 0.29) is 12.5 Å². The predicted octanol–water partition coefficient (Wildman–Crippen LogP) is 0.925. The second kappa shape index (κ2) is 7.44. The molecule has 1 saturated heterocycles. The van der Waals surface area contributed by atoms with Gasteiger partial charge in [0.1, 0.15) is 5.76 Å². The quantitative estimate of drug-likeness (QED) is 0.633. The van der Waals surface area contributed by atoms with Crippen LogP contribution in [-0.4, -0.2) is 42.7 Å². The minimum absolute atomic E-state index is 0.245. The molecular formula is C13H18N4O3. The number of likely N-dealkylation sites (tertiary alicyclic amines) is 1. The third-order valence-corrected chi connectivity index (χ3v) is 2.97. The lowest BCUT2D eigenvalue weighted by Gasteiger charge is -2.25. The van der Waals surface area contributed by atoms with E-state index in [2.05, 4.69) is 15.8 Å². The molecule has 0 radical (unpaired) electrons. The molecule has 3 amide bonds. The van der Waals surface area contributed by atoms with Gasteiger partial charge in [0.05, 0.1) is 19.0 Å². The molecule has 1 aliphatic heterocycles. The van der Waals surface area contributed by atoms with Crippen LogP contribution < -0.4 is 10.7 Å². The standard InChI is InChI=1S/C13H18N4O3/c18-12(10-17-6-2-1-3-7-17)15-13(19)16-14-9-11-5-4-8-20-11/h4-5,8-9H,1-3,6-7,10H2,(H2,15,16,18,19)/b14-9+. The molecule has 0 aromatic carbocycles. The van der Waals surface area contributed by atoms with Crippen LogP contribution in [0.25, 0.3) is 0 Å². The number of imide groups is 1. The Morgan fingerprint density at radius 2 is 2.15 bits per heavy atom. The number of piperidine rings is 1. The van der Waals surface area contributed by atoms with E-state index in [0.29, 0.717) is 5.76 Å². The molecule has 1 aromatic heterocycles. The Balaban J connectivity index is 1.66. The van der Waals surface area contributed by atoms with E-state index in [9.17, 15) is 9.59 Å². The highest BCUT2D eigenvalue weighted by molar-refractivity contribution is 5.95. The lowest BCUT2D eigenvalue weighted by molar-refractivity contribution is -0.121. The van der Waals surface area contributed by atoms with Gasteiger partial charge in [-0.05, 0) is 38.1 Å². The summed E-state index contributed by atoms with van der Waals surface area (Å²) in [6.07, 6.45) is 6.28. The van der Waals surface area contributed by atoms with Crippen LogP contribution in [0.2, 0.25) is 0 Å². The Labute approximate surface area is 117 Å². The fraction of sp³-hybridized carbons (Fsp3) is 0.462. The number of amides is 3. The molecule has 7 nitrogen and oxygen atoms in total. The Kier molecular flexibility index (Phi) is 5.31. The lowest BCUT2D eigenvalue weighted by Crippen LogP contribution is -2.44. The monoisotopic (exact) mass is 278 g/mol. The first kappa shape index (κ1) is 14.3. The average Bonchev–Trinajstić information content (AvgIpc) is 2.93. The number of rotatable bonds is 4. The number of furan rings is 1. The van der Waals surface area contributed by atoms with Crippen LogP contribution in [0.1, 0.15) is 25.0 Å². The Morgan fingerprint density at radius 1 is 1.35 bits per heavy atom. The highest BCUT2D eigenvalue weighted by Crippen LogP contribution is 2.07. The molecular weight excluding hydrogens is 260 g/mol. The minimum Gasteiger partial charge on any atom is -0.463 e. The topological polar surface area (TPSA) is 86.9 Å². The maximum Gasteiger partial charge on any atom is 0.341 e. The molecule has 1 fully saturated rings. The molecule has 7 heteroatoms. The van der Waals surface area contributed by atoms with E-state index >= 15 is 0 Å². The maximum atomic E-state index is 11.6. The largest absolute Gasteiger partial charge is 0.463 e. The van der Waals surface area contributed by atoms with Gasteiger partial charge in [0.25, 0.3) is 0 Å². The third kappa shape index (κ3) is 4.85. The van der Waals surface area contributed by atoms with E-state index < -0.39 is 6.03 Å². The SMILES string of the molecule is O=C(CN1CCCCC1)NC(=O)N/N=C/c1ccco1. The van der Waals surface area contributed by atoms with Gasteiger partial charge in [-0.15, -0.1) is 0 Å². The number of hydrazone groups is 1. The zero-order chi connectivity index (χ0) is 14.2. The molecule has 20 heavy (non-hydrogen) atoms. The first-order valence-electron chi connectivity index (χ1n) is 6.63. The van der Waals surface area contributed by atoms with Crippen molar-refractivity contribution in [2.75, 3.05) is 19.6 Å². The summed E-state index contributed by atoms with van der Waals surface area (Å²) in [6, 6.07) is 2.77. The van der Waals surface area contributed by atoms with Crippen molar-refractivity contribution in [3.8, 4) is 0 Å². The van der Waals surface area contributed by atoms with Crippen molar-refractivity contribution in [1.29, 1.82) is 0 Å². The van der Waals surface area contributed by atoms with Crippen LogP contribution in [-0.2, 0) is 4.79 Å². The van der Waals surface area contributed by atoms with Gasteiger partial charge in [0.15, 0.2) is 0 Å². The zero-order valence-electron chi connectivity index (χ0n) is 11.2. The maximum absolute atomic E-state index is 11.6. The molecule has 2 rings (SSSR count). The fourth-order valence-electron chi connectivity index (χ4n) is 2.03. The van der Waals surface area contributed by atoms with Gasteiger partial charge < -0.3 is 4.42 Å². The van der Waals surface area contributed by atoms with E-state index in [0.717, 1.165) is 25.9 Å². The Hall–Kier alpha value is -2.15. The summed E-state index contributed by atoms with van der Waals surface area (Å²) >= 11 is 0. The highest BCUT2D eigenvalue weighted by Gasteiger charge is 2.15. The van der Waals surface area contributed by atoms with Crippen LogP contribution in [0.5, 0.6) is 0 Å². The molecule has 0 unspecified atom stereocenters. The Morgan fingerprint density at radius 3 is 2.85 bits per heavy atom. The normalized spacial score (nSPS) is 16.2. The molecule has 1 aliphatic rings. The van der Waals surface area contributed by atoms with E-state index in [1.807, 2.05) is 4.90 Å². The first-order chi connectivity index (χ1) is 9.74. The molecule has 0 spiro atoms. The van der Waals surface area contributed by atoms with Gasteiger partial charge in [-0.1, -0.05) is 6.42 Å². The van der Waals surface area contributed by atoms with Crippen LogP contribution in [0.4, 0.5) is 4.79 Å². The van der Waals surface area contributed by atoms with Gasteiger partial charge in [-0.3, -0.25) is 15.0 Å².